The van der Waals surface area contributed by atoms with Gasteiger partial charge in [-0.05, 0) is 25.5 Å². The van der Waals surface area contributed by atoms with Gasteiger partial charge in [0.25, 0.3) is 0 Å². The molecule has 4 nitrogen and oxygen atoms in total. The molecule has 0 saturated carbocycles. The minimum Gasteiger partial charge on any atom is -0.373 e. The van der Waals surface area contributed by atoms with E-state index in [2.05, 4.69) is 10.4 Å². The number of aromatic nitrogens is 2. The highest BCUT2D eigenvalue weighted by Gasteiger charge is 2.41. The topological polar surface area (TPSA) is 39.1 Å². The summed E-state index contributed by atoms with van der Waals surface area (Å²) in [6.45, 7) is -1.31. The molecule has 0 fully saturated rings. The zero-order valence-corrected chi connectivity index (χ0v) is 11.5. The Balaban J connectivity index is 2.29. The van der Waals surface area contributed by atoms with Crippen LogP contribution in [0.2, 0.25) is 0 Å². The molecule has 116 valence electrons. The Morgan fingerprint density at radius 3 is 2.65 bits per heavy atom. The van der Waals surface area contributed by atoms with Crippen molar-refractivity contribution in [2.24, 2.45) is 7.05 Å². The van der Waals surface area contributed by atoms with Crippen LogP contribution >= 0.6 is 0 Å². The fraction of sp³-hybridized carbons (Fsp3) is 0.750. The summed E-state index contributed by atoms with van der Waals surface area (Å²) in [5.74, 6) is -4.10. The van der Waals surface area contributed by atoms with Gasteiger partial charge in [-0.2, -0.15) is 13.9 Å². The molecule has 1 heterocycles. The molecule has 1 unspecified atom stereocenters. The third kappa shape index (κ3) is 5.46. The van der Waals surface area contributed by atoms with Gasteiger partial charge in [0, 0.05) is 19.3 Å². The van der Waals surface area contributed by atoms with Crippen molar-refractivity contribution in [3.63, 3.8) is 0 Å². The smallest absolute Gasteiger partial charge is 0.330 e. The van der Waals surface area contributed by atoms with Crippen molar-refractivity contribution in [3.8, 4) is 0 Å². The molecule has 0 aliphatic carbocycles. The predicted octanol–water partition coefficient (Wildman–Crippen LogP) is 1.86. The molecule has 1 rings (SSSR count). The van der Waals surface area contributed by atoms with E-state index in [4.69, 9.17) is 4.74 Å². The zero-order valence-electron chi connectivity index (χ0n) is 11.5. The quantitative estimate of drug-likeness (QED) is 0.707. The van der Waals surface area contributed by atoms with Gasteiger partial charge in [0.1, 0.15) is 6.61 Å². The summed E-state index contributed by atoms with van der Waals surface area (Å²) in [6.07, 6.45) is 1.22. The van der Waals surface area contributed by atoms with E-state index in [9.17, 15) is 17.6 Å². The first-order valence-corrected chi connectivity index (χ1v) is 6.23. The van der Waals surface area contributed by atoms with E-state index in [1.165, 1.54) is 0 Å². The molecule has 0 spiro atoms. The number of ether oxygens (including phenoxy) is 1. The van der Waals surface area contributed by atoms with E-state index in [1.54, 1.807) is 25.0 Å². The highest BCUT2D eigenvalue weighted by atomic mass is 19.3. The number of aryl methyl sites for hydroxylation is 2. The third-order valence-electron chi connectivity index (χ3n) is 2.88. The summed E-state index contributed by atoms with van der Waals surface area (Å²) >= 11 is 0. The Kier molecular flexibility index (Phi) is 6.41. The number of likely N-dealkylation sites (N-methyl/N-ethyl adjacent to an activating group) is 1. The second-order valence-electron chi connectivity index (χ2n) is 4.62. The van der Waals surface area contributed by atoms with Crippen molar-refractivity contribution in [3.05, 3.63) is 18.0 Å². The summed E-state index contributed by atoms with van der Waals surface area (Å²) < 4.78 is 55.5. The summed E-state index contributed by atoms with van der Waals surface area (Å²) in [7, 11) is 3.47. The predicted molar refractivity (Wildman–Crippen MR) is 66.1 cm³/mol. The van der Waals surface area contributed by atoms with Crippen LogP contribution in [-0.2, 0) is 18.2 Å². The maximum Gasteiger partial charge on any atom is 0.330 e. The average molecular weight is 297 g/mol. The van der Waals surface area contributed by atoms with Crippen LogP contribution in [0.15, 0.2) is 12.4 Å². The summed E-state index contributed by atoms with van der Waals surface area (Å²) in [5, 5.41) is 6.93. The van der Waals surface area contributed by atoms with E-state index in [-0.39, 0.29) is 12.6 Å². The van der Waals surface area contributed by atoms with Gasteiger partial charge in [-0.25, -0.2) is 8.78 Å². The number of hydrogen-bond acceptors (Lipinski definition) is 3. The van der Waals surface area contributed by atoms with Gasteiger partial charge in [-0.3, -0.25) is 4.68 Å². The molecule has 20 heavy (non-hydrogen) atoms. The van der Waals surface area contributed by atoms with Crippen LogP contribution < -0.4 is 5.32 Å². The highest BCUT2D eigenvalue weighted by molar-refractivity contribution is 5.03. The number of rotatable bonds is 9. The Bertz CT molecular complexity index is 398. The largest absolute Gasteiger partial charge is 0.373 e. The summed E-state index contributed by atoms with van der Waals surface area (Å²) in [4.78, 5) is 0. The molecule has 1 N–H and O–H groups in total. The molecule has 0 bridgehead atoms. The van der Waals surface area contributed by atoms with Crippen LogP contribution in [-0.4, -0.2) is 48.4 Å². The normalized spacial score (nSPS) is 13.9. The van der Waals surface area contributed by atoms with Crippen molar-refractivity contribution < 1.29 is 22.3 Å². The number of hydrogen-bond donors (Lipinski definition) is 1. The summed E-state index contributed by atoms with van der Waals surface area (Å²) in [6, 6.07) is -0.177. The van der Waals surface area contributed by atoms with Gasteiger partial charge in [0.15, 0.2) is 0 Å². The van der Waals surface area contributed by atoms with E-state index < -0.39 is 19.0 Å². The molecule has 0 aromatic carbocycles. The van der Waals surface area contributed by atoms with Crippen molar-refractivity contribution in [2.45, 2.75) is 31.2 Å². The van der Waals surface area contributed by atoms with Crippen LogP contribution in [0.1, 0.15) is 12.0 Å². The lowest BCUT2D eigenvalue weighted by atomic mass is 10.1. The van der Waals surface area contributed by atoms with Crippen LogP contribution in [0.4, 0.5) is 17.6 Å². The van der Waals surface area contributed by atoms with E-state index in [1.807, 2.05) is 6.20 Å². The second kappa shape index (κ2) is 7.58. The molecule has 1 aromatic heterocycles. The van der Waals surface area contributed by atoms with E-state index in [0.29, 0.717) is 12.8 Å². The van der Waals surface area contributed by atoms with Gasteiger partial charge in [0.2, 0.25) is 0 Å². The number of nitrogens with one attached hydrogen (secondary N) is 1. The van der Waals surface area contributed by atoms with Crippen molar-refractivity contribution in [1.29, 1.82) is 0 Å². The van der Waals surface area contributed by atoms with Crippen molar-refractivity contribution in [2.75, 3.05) is 20.3 Å². The SMILES string of the molecule is CNC(CCc1cnn(C)c1)COCC(F)(F)C(F)F. The Morgan fingerprint density at radius 2 is 2.15 bits per heavy atom. The molecular formula is C12H19F4N3O. The van der Waals surface area contributed by atoms with Gasteiger partial charge in [0.05, 0.1) is 12.8 Å². The lowest BCUT2D eigenvalue weighted by molar-refractivity contribution is -0.167. The lowest BCUT2D eigenvalue weighted by Gasteiger charge is -2.19. The molecule has 1 atom stereocenters. The maximum absolute atomic E-state index is 12.6. The first-order valence-electron chi connectivity index (χ1n) is 6.23. The van der Waals surface area contributed by atoms with Crippen molar-refractivity contribution in [1.82, 2.24) is 15.1 Å². The lowest BCUT2D eigenvalue weighted by Crippen LogP contribution is -2.36. The standard InChI is InChI=1S/C12H19F4N3O/c1-17-10(4-3-9-5-18-19(2)6-9)7-20-8-12(15,16)11(13)14/h5-6,10-11,17H,3-4,7-8H2,1-2H3. The number of alkyl halides is 4. The van der Waals surface area contributed by atoms with Crippen LogP contribution in [0.5, 0.6) is 0 Å². The second-order valence-corrected chi connectivity index (χ2v) is 4.62. The zero-order chi connectivity index (χ0) is 15.2. The van der Waals surface area contributed by atoms with E-state index >= 15 is 0 Å². The molecule has 0 radical (unpaired) electrons. The maximum atomic E-state index is 12.6. The molecule has 0 saturated heterocycles. The third-order valence-corrected chi connectivity index (χ3v) is 2.88. The minimum absolute atomic E-state index is 0.0426. The summed E-state index contributed by atoms with van der Waals surface area (Å²) in [5.41, 5.74) is 1.02. The van der Waals surface area contributed by atoms with Gasteiger partial charge >= 0.3 is 12.3 Å². The van der Waals surface area contributed by atoms with Crippen LogP contribution in [0, 0.1) is 0 Å². The molecular weight excluding hydrogens is 278 g/mol. The monoisotopic (exact) mass is 297 g/mol. The fourth-order valence-electron chi connectivity index (χ4n) is 1.65. The number of nitrogens with zero attached hydrogens (tertiary/aromatic N) is 2. The molecule has 0 amide bonds. The molecule has 0 aliphatic heterocycles. The molecule has 8 heteroatoms. The molecule has 1 aromatic rings. The molecule has 0 aliphatic rings. The first kappa shape index (κ1) is 16.9. The Labute approximate surface area is 115 Å². The van der Waals surface area contributed by atoms with Crippen LogP contribution in [0.25, 0.3) is 0 Å². The average Bonchev–Trinajstić information content (AvgIpc) is 2.79. The van der Waals surface area contributed by atoms with Gasteiger partial charge < -0.3 is 10.1 Å². The van der Waals surface area contributed by atoms with Crippen molar-refractivity contribution >= 4 is 0 Å². The Hall–Kier alpha value is -1.15. The minimum atomic E-state index is -4.10. The fourth-order valence-corrected chi connectivity index (χ4v) is 1.65. The first-order chi connectivity index (χ1) is 9.35. The highest BCUT2D eigenvalue weighted by Crippen LogP contribution is 2.22. The van der Waals surface area contributed by atoms with Crippen LogP contribution in [0.3, 0.4) is 0 Å². The number of halogens is 4. The van der Waals surface area contributed by atoms with E-state index in [0.717, 1.165) is 5.56 Å². The Morgan fingerprint density at radius 1 is 1.45 bits per heavy atom. The van der Waals surface area contributed by atoms with Gasteiger partial charge in [-0.15, -0.1) is 0 Å². The van der Waals surface area contributed by atoms with Gasteiger partial charge in [-0.1, -0.05) is 0 Å².